The lowest BCUT2D eigenvalue weighted by Gasteiger charge is -2.37. The molecule has 2 aromatic rings. The number of hydrogen-bond donors (Lipinski definition) is 1. The lowest BCUT2D eigenvalue weighted by molar-refractivity contribution is -0.147. The molecule has 2 fully saturated rings. The quantitative estimate of drug-likeness (QED) is 0.315. The van der Waals surface area contributed by atoms with Crippen LogP contribution in [0.3, 0.4) is 0 Å². The van der Waals surface area contributed by atoms with Gasteiger partial charge in [0.05, 0.1) is 5.92 Å². The van der Waals surface area contributed by atoms with Gasteiger partial charge in [0, 0.05) is 25.8 Å². The summed E-state index contributed by atoms with van der Waals surface area (Å²) in [5.41, 5.74) is 7.75. The Morgan fingerprint density at radius 3 is 2.31 bits per heavy atom. The van der Waals surface area contributed by atoms with Crippen molar-refractivity contribution in [1.82, 2.24) is 4.90 Å². The van der Waals surface area contributed by atoms with Gasteiger partial charge in [-0.2, -0.15) is 0 Å². The first-order valence-corrected chi connectivity index (χ1v) is 13.4. The van der Waals surface area contributed by atoms with E-state index >= 15 is 0 Å². The second-order valence-corrected chi connectivity index (χ2v) is 10.1. The van der Waals surface area contributed by atoms with E-state index in [1.807, 2.05) is 6.92 Å². The molecule has 1 saturated heterocycles. The number of aryl methyl sites for hydroxylation is 2. The van der Waals surface area contributed by atoms with E-state index in [1.54, 1.807) is 6.21 Å². The van der Waals surface area contributed by atoms with E-state index < -0.39 is 5.97 Å². The maximum Gasteiger partial charge on any atom is 0.309 e. The average molecular weight is 477 g/mol. The van der Waals surface area contributed by atoms with Gasteiger partial charge in [-0.15, -0.1) is 0 Å². The first kappa shape index (κ1) is 25.4. The number of rotatable bonds is 10. The van der Waals surface area contributed by atoms with Gasteiger partial charge in [0.15, 0.2) is 6.10 Å². The Labute approximate surface area is 210 Å². The molecule has 5 heteroatoms. The minimum absolute atomic E-state index is 0.228. The zero-order chi connectivity index (χ0) is 24.8. The molecule has 35 heavy (non-hydrogen) atoms. The van der Waals surface area contributed by atoms with E-state index in [9.17, 15) is 9.90 Å². The molecule has 188 valence electrons. The SMILES string of the molecule is C/C=N/OC(c1ccc(CN2CC(C(=O)O)C2)c(CC)c1)c1ccc(C2CCCCC2)c(CC)c1. The molecule has 1 heterocycles. The van der Waals surface area contributed by atoms with E-state index in [0.29, 0.717) is 19.0 Å². The maximum absolute atomic E-state index is 11.1. The van der Waals surface area contributed by atoms with Gasteiger partial charge < -0.3 is 9.94 Å². The van der Waals surface area contributed by atoms with Crippen molar-refractivity contribution in [2.24, 2.45) is 11.1 Å². The predicted molar refractivity (Wildman–Crippen MR) is 141 cm³/mol. The molecule has 2 aromatic carbocycles. The third kappa shape index (κ3) is 5.95. The third-order valence-corrected chi connectivity index (χ3v) is 7.78. The van der Waals surface area contributed by atoms with E-state index in [2.05, 4.69) is 60.3 Å². The number of benzene rings is 2. The van der Waals surface area contributed by atoms with E-state index in [0.717, 1.165) is 30.5 Å². The molecule has 0 spiro atoms. The molecule has 1 saturated carbocycles. The molecule has 4 rings (SSSR count). The van der Waals surface area contributed by atoms with Gasteiger partial charge in [-0.05, 0) is 71.9 Å². The van der Waals surface area contributed by atoms with Crippen LogP contribution in [0, 0.1) is 5.92 Å². The van der Waals surface area contributed by atoms with Crippen molar-refractivity contribution in [2.45, 2.75) is 84.3 Å². The minimum Gasteiger partial charge on any atom is -0.481 e. The van der Waals surface area contributed by atoms with Crippen molar-refractivity contribution < 1.29 is 14.7 Å². The number of oxime groups is 1. The predicted octanol–water partition coefficient (Wildman–Crippen LogP) is 6.49. The van der Waals surface area contributed by atoms with Crippen molar-refractivity contribution in [3.63, 3.8) is 0 Å². The van der Waals surface area contributed by atoms with Crippen LogP contribution in [0.1, 0.15) is 98.3 Å². The zero-order valence-corrected chi connectivity index (χ0v) is 21.5. The van der Waals surface area contributed by atoms with Gasteiger partial charge in [-0.3, -0.25) is 9.69 Å². The van der Waals surface area contributed by atoms with Crippen LogP contribution in [0.5, 0.6) is 0 Å². The lowest BCUT2D eigenvalue weighted by atomic mass is 9.80. The van der Waals surface area contributed by atoms with Crippen LogP contribution in [0.25, 0.3) is 0 Å². The summed E-state index contributed by atoms with van der Waals surface area (Å²) in [6.07, 6.45) is 10.0. The summed E-state index contributed by atoms with van der Waals surface area (Å²) in [5.74, 6) is -0.230. The molecule has 1 aliphatic carbocycles. The average Bonchev–Trinajstić information content (AvgIpc) is 2.86. The van der Waals surface area contributed by atoms with E-state index in [-0.39, 0.29) is 12.0 Å². The van der Waals surface area contributed by atoms with Crippen LogP contribution in [-0.2, 0) is 29.0 Å². The number of likely N-dealkylation sites (tertiary alicyclic amines) is 1. The fourth-order valence-corrected chi connectivity index (χ4v) is 5.73. The fourth-order valence-electron chi connectivity index (χ4n) is 5.73. The minimum atomic E-state index is -0.690. The summed E-state index contributed by atoms with van der Waals surface area (Å²) >= 11 is 0. The first-order chi connectivity index (χ1) is 17.0. The molecule has 1 atom stereocenters. The van der Waals surface area contributed by atoms with Gasteiger partial charge in [-0.1, -0.05) is 74.7 Å². The summed E-state index contributed by atoms with van der Waals surface area (Å²) in [5, 5.41) is 13.3. The number of hydrogen-bond acceptors (Lipinski definition) is 4. The maximum atomic E-state index is 11.1. The summed E-state index contributed by atoms with van der Waals surface area (Å²) in [6.45, 7) is 8.35. The molecular weight excluding hydrogens is 436 g/mol. The van der Waals surface area contributed by atoms with Crippen LogP contribution >= 0.6 is 0 Å². The van der Waals surface area contributed by atoms with E-state index in [1.165, 1.54) is 54.4 Å². The molecule has 2 aliphatic rings. The second-order valence-electron chi connectivity index (χ2n) is 10.1. The highest BCUT2D eigenvalue weighted by atomic mass is 16.6. The Morgan fingerprint density at radius 1 is 1.03 bits per heavy atom. The van der Waals surface area contributed by atoms with Crippen molar-refractivity contribution in [3.05, 3.63) is 69.8 Å². The Kier molecular flexibility index (Phi) is 8.61. The summed E-state index contributed by atoms with van der Waals surface area (Å²) < 4.78 is 0. The molecule has 0 bridgehead atoms. The fraction of sp³-hybridized carbons (Fsp3) is 0.533. The Balaban J connectivity index is 1.58. The highest BCUT2D eigenvalue weighted by Crippen LogP contribution is 2.37. The van der Waals surface area contributed by atoms with Crippen molar-refractivity contribution in [3.8, 4) is 0 Å². The standard InChI is InChI=1S/C30H40N2O3/c1-4-21-16-24(12-13-26(21)18-32-19-27(20-32)30(33)34)29(35-31-6-3)25-14-15-28(22(5-2)17-25)23-10-8-7-9-11-23/h6,12-17,23,27,29H,4-5,7-11,18-20H2,1-3H3,(H,33,34)/b31-6+. The summed E-state index contributed by atoms with van der Waals surface area (Å²) in [4.78, 5) is 19.4. The highest BCUT2D eigenvalue weighted by Gasteiger charge is 2.32. The Morgan fingerprint density at radius 2 is 1.69 bits per heavy atom. The van der Waals surface area contributed by atoms with Crippen LogP contribution in [0.4, 0.5) is 0 Å². The molecule has 1 aliphatic heterocycles. The van der Waals surface area contributed by atoms with Crippen LogP contribution < -0.4 is 0 Å². The molecule has 0 aromatic heterocycles. The van der Waals surface area contributed by atoms with Gasteiger partial charge in [-0.25, -0.2) is 0 Å². The number of nitrogens with zero attached hydrogens (tertiary/aromatic N) is 2. The van der Waals surface area contributed by atoms with Crippen LogP contribution in [0.2, 0.25) is 0 Å². The molecule has 1 N–H and O–H groups in total. The summed E-state index contributed by atoms with van der Waals surface area (Å²) in [6, 6.07) is 13.5. The number of carbonyl (C=O) groups is 1. The zero-order valence-electron chi connectivity index (χ0n) is 21.5. The normalized spacial score (nSPS) is 18.5. The Hall–Kier alpha value is -2.66. The van der Waals surface area contributed by atoms with Crippen LogP contribution in [0.15, 0.2) is 41.6 Å². The van der Waals surface area contributed by atoms with Crippen molar-refractivity contribution in [2.75, 3.05) is 13.1 Å². The number of aliphatic carboxylic acids is 1. The second kappa shape index (κ2) is 11.9. The van der Waals surface area contributed by atoms with E-state index in [4.69, 9.17) is 4.84 Å². The summed E-state index contributed by atoms with van der Waals surface area (Å²) in [7, 11) is 0. The van der Waals surface area contributed by atoms with Crippen LogP contribution in [-0.4, -0.2) is 35.3 Å². The highest BCUT2D eigenvalue weighted by molar-refractivity contribution is 5.71. The number of carboxylic acid groups (broad SMARTS) is 1. The topological polar surface area (TPSA) is 62.1 Å². The third-order valence-electron chi connectivity index (χ3n) is 7.78. The largest absolute Gasteiger partial charge is 0.481 e. The molecule has 0 amide bonds. The smallest absolute Gasteiger partial charge is 0.309 e. The van der Waals surface area contributed by atoms with Crippen molar-refractivity contribution in [1.29, 1.82) is 0 Å². The van der Waals surface area contributed by atoms with Gasteiger partial charge >= 0.3 is 5.97 Å². The number of carboxylic acids is 1. The molecular formula is C30H40N2O3. The molecule has 0 radical (unpaired) electrons. The van der Waals surface area contributed by atoms with Gasteiger partial charge in [0.1, 0.15) is 0 Å². The monoisotopic (exact) mass is 476 g/mol. The Bertz CT molecular complexity index is 1040. The first-order valence-electron chi connectivity index (χ1n) is 13.4. The molecule has 5 nitrogen and oxygen atoms in total. The lowest BCUT2D eigenvalue weighted by Crippen LogP contribution is -2.49. The van der Waals surface area contributed by atoms with Gasteiger partial charge in [0.2, 0.25) is 0 Å². The molecule has 1 unspecified atom stereocenters. The van der Waals surface area contributed by atoms with Gasteiger partial charge in [0.25, 0.3) is 0 Å². The van der Waals surface area contributed by atoms with Crippen molar-refractivity contribution >= 4 is 12.2 Å².